The fourth-order valence-corrected chi connectivity index (χ4v) is 2.52. The molecule has 1 aromatic rings. The van der Waals surface area contributed by atoms with E-state index in [4.69, 9.17) is 9.84 Å². The van der Waals surface area contributed by atoms with Gasteiger partial charge < -0.3 is 14.9 Å². The molecule has 2 N–H and O–H groups in total. The van der Waals surface area contributed by atoms with Gasteiger partial charge in [0, 0.05) is 0 Å². The maximum atomic E-state index is 10.7. The minimum Gasteiger partial charge on any atom is -0.496 e. The van der Waals surface area contributed by atoms with Gasteiger partial charge >= 0.3 is 5.97 Å². The number of aliphatic carboxylic acids is 1. The molecule has 4 nitrogen and oxygen atoms in total. The molecule has 1 saturated carbocycles. The van der Waals surface area contributed by atoms with Crippen LogP contribution in [-0.4, -0.2) is 23.3 Å². The molecule has 1 fully saturated rings. The average molecular weight is 301 g/mol. The second-order valence-electron chi connectivity index (χ2n) is 4.32. The maximum Gasteiger partial charge on any atom is 0.306 e. The van der Waals surface area contributed by atoms with Crippen molar-refractivity contribution in [3.63, 3.8) is 0 Å². The Hall–Kier alpha value is -1.07. The number of rotatable bonds is 3. The lowest BCUT2D eigenvalue weighted by Gasteiger charge is -2.42. The fraction of sp³-hybridized carbons (Fsp3) is 0.417. The van der Waals surface area contributed by atoms with Crippen molar-refractivity contribution in [2.75, 3.05) is 7.11 Å². The van der Waals surface area contributed by atoms with Gasteiger partial charge in [-0.1, -0.05) is 6.07 Å². The summed E-state index contributed by atoms with van der Waals surface area (Å²) in [5, 5.41) is 19.1. The van der Waals surface area contributed by atoms with Gasteiger partial charge in [0.15, 0.2) is 0 Å². The summed E-state index contributed by atoms with van der Waals surface area (Å²) in [6, 6.07) is 5.31. The highest BCUT2D eigenvalue weighted by Crippen LogP contribution is 2.47. The summed E-state index contributed by atoms with van der Waals surface area (Å²) < 4.78 is 5.96. The molecule has 0 unspecified atom stereocenters. The van der Waals surface area contributed by atoms with Crippen LogP contribution < -0.4 is 4.74 Å². The summed E-state index contributed by atoms with van der Waals surface area (Å²) in [7, 11) is 1.55. The highest BCUT2D eigenvalue weighted by atomic mass is 79.9. The molecule has 1 aliphatic rings. The number of carboxylic acid groups (broad SMARTS) is 1. The Morgan fingerprint density at radius 3 is 2.71 bits per heavy atom. The smallest absolute Gasteiger partial charge is 0.306 e. The van der Waals surface area contributed by atoms with Crippen LogP contribution in [0.3, 0.4) is 0 Å². The van der Waals surface area contributed by atoms with Crippen molar-refractivity contribution in [2.24, 2.45) is 5.92 Å². The molecule has 2 rings (SSSR count). The molecule has 0 amide bonds. The van der Waals surface area contributed by atoms with E-state index in [0.717, 1.165) is 4.47 Å². The summed E-state index contributed by atoms with van der Waals surface area (Å²) in [6.07, 6.45) is 0.514. The Morgan fingerprint density at radius 1 is 1.53 bits per heavy atom. The van der Waals surface area contributed by atoms with Gasteiger partial charge in [-0.05, 0) is 46.5 Å². The summed E-state index contributed by atoms with van der Waals surface area (Å²) in [5.74, 6) is -0.664. The van der Waals surface area contributed by atoms with Crippen molar-refractivity contribution in [3.05, 3.63) is 28.2 Å². The lowest BCUT2D eigenvalue weighted by molar-refractivity contribution is -0.159. The van der Waals surface area contributed by atoms with E-state index in [1.54, 1.807) is 25.3 Å². The van der Waals surface area contributed by atoms with E-state index in [0.29, 0.717) is 11.3 Å². The third-order valence-electron chi connectivity index (χ3n) is 3.21. The molecule has 0 radical (unpaired) electrons. The van der Waals surface area contributed by atoms with Crippen LogP contribution in [0.25, 0.3) is 0 Å². The van der Waals surface area contributed by atoms with Crippen LogP contribution in [0.4, 0.5) is 0 Å². The summed E-state index contributed by atoms with van der Waals surface area (Å²) in [4.78, 5) is 10.7. The van der Waals surface area contributed by atoms with E-state index >= 15 is 0 Å². The zero-order chi connectivity index (χ0) is 12.6. The highest BCUT2D eigenvalue weighted by Gasteiger charge is 2.47. The normalized spacial score (nSPS) is 27.4. The third-order valence-corrected chi connectivity index (χ3v) is 3.86. The molecule has 92 valence electrons. The van der Waals surface area contributed by atoms with Gasteiger partial charge in [0.05, 0.1) is 23.1 Å². The SMILES string of the molecule is COc1cc(C2(O)CC(C(=O)O)C2)ccc1Br. The Morgan fingerprint density at radius 2 is 2.18 bits per heavy atom. The van der Waals surface area contributed by atoms with Crippen molar-refractivity contribution >= 4 is 21.9 Å². The number of methoxy groups -OCH3 is 1. The van der Waals surface area contributed by atoms with Crippen LogP contribution >= 0.6 is 15.9 Å². The Balaban J connectivity index is 2.21. The van der Waals surface area contributed by atoms with Gasteiger partial charge in [0.2, 0.25) is 0 Å². The molecule has 0 atom stereocenters. The fourth-order valence-electron chi connectivity index (χ4n) is 2.12. The van der Waals surface area contributed by atoms with E-state index in [1.165, 1.54) is 0 Å². The van der Waals surface area contributed by atoms with Crippen molar-refractivity contribution in [1.29, 1.82) is 0 Å². The van der Waals surface area contributed by atoms with Gasteiger partial charge in [-0.2, -0.15) is 0 Å². The van der Waals surface area contributed by atoms with Crippen molar-refractivity contribution < 1.29 is 19.7 Å². The molecule has 0 aromatic heterocycles. The summed E-state index contributed by atoms with van der Waals surface area (Å²) in [6.45, 7) is 0. The topological polar surface area (TPSA) is 66.8 Å². The molecule has 5 heteroatoms. The highest BCUT2D eigenvalue weighted by molar-refractivity contribution is 9.10. The van der Waals surface area contributed by atoms with Crippen LogP contribution in [0.5, 0.6) is 5.75 Å². The number of hydrogen-bond donors (Lipinski definition) is 2. The quantitative estimate of drug-likeness (QED) is 0.897. The van der Waals surface area contributed by atoms with E-state index in [2.05, 4.69) is 15.9 Å². The molecule has 0 bridgehead atoms. The predicted octanol–water partition coefficient (Wildman–Crippen LogP) is 2.14. The largest absolute Gasteiger partial charge is 0.496 e. The Bertz CT molecular complexity index is 452. The van der Waals surface area contributed by atoms with E-state index in [1.807, 2.05) is 0 Å². The second-order valence-corrected chi connectivity index (χ2v) is 5.18. The molecule has 0 spiro atoms. The molecule has 0 aliphatic heterocycles. The zero-order valence-electron chi connectivity index (χ0n) is 9.31. The monoisotopic (exact) mass is 300 g/mol. The number of ether oxygens (including phenoxy) is 1. The first kappa shape index (κ1) is 12.4. The lowest BCUT2D eigenvalue weighted by Crippen LogP contribution is -2.44. The minimum atomic E-state index is -1.03. The third kappa shape index (κ3) is 2.17. The maximum absolute atomic E-state index is 10.7. The molecule has 1 aromatic carbocycles. The molecular weight excluding hydrogens is 288 g/mol. The summed E-state index contributed by atoms with van der Waals surface area (Å²) >= 11 is 3.33. The van der Waals surface area contributed by atoms with E-state index in [9.17, 15) is 9.90 Å². The summed E-state index contributed by atoms with van der Waals surface area (Å²) in [5.41, 5.74) is -0.327. The second kappa shape index (κ2) is 4.31. The molecule has 0 heterocycles. The number of aliphatic hydroxyl groups is 1. The first-order valence-corrected chi connectivity index (χ1v) is 6.05. The van der Waals surface area contributed by atoms with Crippen LogP contribution in [0.1, 0.15) is 18.4 Å². The van der Waals surface area contributed by atoms with Crippen LogP contribution in [-0.2, 0) is 10.4 Å². The Labute approximate surface area is 107 Å². The van der Waals surface area contributed by atoms with Crippen molar-refractivity contribution in [3.8, 4) is 5.75 Å². The van der Waals surface area contributed by atoms with Gasteiger partial charge in [-0.15, -0.1) is 0 Å². The van der Waals surface area contributed by atoms with Crippen LogP contribution in [0, 0.1) is 5.92 Å². The van der Waals surface area contributed by atoms with Gasteiger partial charge in [-0.25, -0.2) is 0 Å². The number of carbonyl (C=O) groups is 1. The number of carboxylic acids is 1. The predicted molar refractivity (Wildman–Crippen MR) is 65.0 cm³/mol. The molecular formula is C12H13BrO4. The zero-order valence-corrected chi connectivity index (χ0v) is 10.9. The first-order chi connectivity index (χ1) is 7.96. The number of benzene rings is 1. The average Bonchev–Trinajstić information content (AvgIpc) is 2.25. The van der Waals surface area contributed by atoms with Crippen molar-refractivity contribution in [2.45, 2.75) is 18.4 Å². The number of hydrogen-bond acceptors (Lipinski definition) is 3. The first-order valence-electron chi connectivity index (χ1n) is 5.25. The lowest BCUT2D eigenvalue weighted by atomic mass is 9.67. The Kier molecular flexibility index (Phi) is 3.14. The van der Waals surface area contributed by atoms with E-state index in [-0.39, 0.29) is 12.8 Å². The van der Waals surface area contributed by atoms with Gasteiger partial charge in [0.25, 0.3) is 0 Å². The standard InChI is InChI=1S/C12H13BrO4/c1-17-10-4-8(2-3-9(10)13)12(16)5-7(6-12)11(14)15/h2-4,7,16H,5-6H2,1H3,(H,14,15). The van der Waals surface area contributed by atoms with Crippen LogP contribution in [0.2, 0.25) is 0 Å². The minimum absolute atomic E-state index is 0.257. The van der Waals surface area contributed by atoms with Crippen molar-refractivity contribution in [1.82, 2.24) is 0 Å². The molecule has 17 heavy (non-hydrogen) atoms. The van der Waals surface area contributed by atoms with E-state index < -0.39 is 17.5 Å². The van der Waals surface area contributed by atoms with Gasteiger partial charge in [-0.3, -0.25) is 4.79 Å². The number of halogens is 1. The van der Waals surface area contributed by atoms with Crippen LogP contribution in [0.15, 0.2) is 22.7 Å². The van der Waals surface area contributed by atoms with Gasteiger partial charge in [0.1, 0.15) is 5.75 Å². The molecule has 1 aliphatic carbocycles. The molecule has 0 saturated heterocycles.